The SMILES string of the molecule is Cc1nc2cc(-n3ncc(-n4[c]cc5ccc(-c6ccc(N7CCCCC7)nc6)cc54)c3N)ccc2[nH]1. The Morgan fingerprint density at radius 2 is 1.81 bits per heavy atom. The number of rotatable bonds is 4. The van der Waals surface area contributed by atoms with Crippen molar-refractivity contribution < 1.29 is 0 Å². The fourth-order valence-electron chi connectivity index (χ4n) is 5.29. The summed E-state index contributed by atoms with van der Waals surface area (Å²) >= 11 is 0. The Hall–Kier alpha value is -4.59. The van der Waals surface area contributed by atoms with E-state index in [1.165, 1.54) is 19.3 Å². The second-order valence-corrected chi connectivity index (χ2v) is 9.69. The van der Waals surface area contributed by atoms with Crippen molar-refractivity contribution in [2.45, 2.75) is 26.2 Å². The molecule has 0 saturated carbocycles. The fraction of sp³-hybridized carbons (Fsp3) is 0.207. The molecule has 0 unspecified atom stereocenters. The van der Waals surface area contributed by atoms with Gasteiger partial charge in [0.15, 0.2) is 5.82 Å². The third-order valence-electron chi connectivity index (χ3n) is 7.24. The molecule has 0 bridgehead atoms. The quantitative estimate of drug-likeness (QED) is 0.346. The highest BCUT2D eigenvalue weighted by molar-refractivity contribution is 5.87. The Bertz CT molecular complexity index is 1730. The maximum absolute atomic E-state index is 6.62. The van der Waals surface area contributed by atoms with E-state index in [9.17, 15) is 0 Å². The number of aryl methyl sites for hydroxylation is 1. The summed E-state index contributed by atoms with van der Waals surface area (Å²) in [5, 5.41) is 5.68. The summed E-state index contributed by atoms with van der Waals surface area (Å²) in [6, 6.07) is 18.7. The second kappa shape index (κ2) is 8.51. The lowest BCUT2D eigenvalue weighted by Crippen LogP contribution is -2.29. The van der Waals surface area contributed by atoms with Crippen molar-refractivity contribution in [3.8, 4) is 22.5 Å². The van der Waals surface area contributed by atoms with Gasteiger partial charge in [0.25, 0.3) is 0 Å². The average Bonchev–Trinajstić information content (AvgIpc) is 3.63. The van der Waals surface area contributed by atoms with E-state index in [4.69, 9.17) is 10.7 Å². The van der Waals surface area contributed by atoms with E-state index in [1.807, 2.05) is 42.0 Å². The van der Waals surface area contributed by atoms with E-state index in [1.54, 1.807) is 10.9 Å². The van der Waals surface area contributed by atoms with E-state index in [-0.39, 0.29) is 0 Å². The van der Waals surface area contributed by atoms with E-state index in [0.717, 1.165) is 69.2 Å². The lowest BCUT2D eigenvalue weighted by atomic mass is 10.1. The van der Waals surface area contributed by atoms with Crippen LogP contribution in [0.4, 0.5) is 11.6 Å². The van der Waals surface area contributed by atoms with Gasteiger partial charge in [0.1, 0.15) is 17.3 Å². The zero-order valence-corrected chi connectivity index (χ0v) is 20.6. The van der Waals surface area contributed by atoms with Gasteiger partial charge in [0.2, 0.25) is 0 Å². The number of aromatic amines is 1. The van der Waals surface area contributed by atoms with E-state index in [0.29, 0.717) is 5.82 Å². The summed E-state index contributed by atoms with van der Waals surface area (Å²) < 4.78 is 3.72. The highest BCUT2D eigenvalue weighted by Gasteiger charge is 2.16. The summed E-state index contributed by atoms with van der Waals surface area (Å²) in [6.45, 7) is 4.12. The Balaban J connectivity index is 1.23. The minimum atomic E-state index is 0.540. The molecule has 1 radical (unpaired) electrons. The normalized spacial score (nSPS) is 14.1. The molecule has 1 fully saturated rings. The van der Waals surface area contributed by atoms with Gasteiger partial charge in [-0.25, -0.2) is 14.6 Å². The van der Waals surface area contributed by atoms with Crippen LogP contribution < -0.4 is 10.6 Å². The fourth-order valence-corrected chi connectivity index (χ4v) is 5.29. The molecule has 0 atom stereocenters. The lowest BCUT2D eigenvalue weighted by Gasteiger charge is -2.27. The molecule has 0 aliphatic carbocycles. The molecular weight excluding hydrogens is 460 g/mol. The predicted molar refractivity (Wildman–Crippen MR) is 147 cm³/mol. The Kier molecular flexibility index (Phi) is 4.99. The van der Waals surface area contributed by atoms with Gasteiger partial charge >= 0.3 is 0 Å². The van der Waals surface area contributed by atoms with E-state index < -0.39 is 0 Å². The number of nitrogens with one attached hydrogen (secondary N) is 1. The van der Waals surface area contributed by atoms with Crippen LogP contribution in [-0.4, -0.2) is 42.4 Å². The van der Waals surface area contributed by atoms with Gasteiger partial charge < -0.3 is 20.2 Å². The molecule has 7 rings (SSSR count). The molecule has 1 aliphatic heterocycles. The van der Waals surface area contributed by atoms with Crippen LogP contribution in [0.2, 0.25) is 0 Å². The van der Waals surface area contributed by atoms with Crippen molar-refractivity contribution in [2.75, 3.05) is 23.7 Å². The summed E-state index contributed by atoms with van der Waals surface area (Å²) in [4.78, 5) is 14.9. The molecular formula is C29H27N8. The summed E-state index contributed by atoms with van der Waals surface area (Å²) in [7, 11) is 0. The minimum absolute atomic E-state index is 0.540. The van der Waals surface area contributed by atoms with Gasteiger partial charge in [0, 0.05) is 30.2 Å². The number of pyridine rings is 1. The summed E-state index contributed by atoms with van der Waals surface area (Å²) in [5.41, 5.74) is 13.3. The molecule has 5 heterocycles. The number of aromatic nitrogens is 6. The Morgan fingerprint density at radius 3 is 2.65 bits per heavy atom. The predicted octanol–water partition coefficient (Wildman–Crippen LogP) is 5.44. The number of anilines is 2. The third kappa shape index (κ3) is 3.72. The first-order chi connectivity index (χ1) is 18.1. The molecule has 183 valence electrons. The molecule has 3 N–H and O–H groups in total. The van der Waals surface area contributed by atoms with E-state index >= 15 is 0 Å². The largest absolute Gasteiger partial charge is 0.382 e. The van der Waals surface area contributed by atoms with Gasteiger partial charge in [-0.2, -0.15) is 5.10 Å². The first-order valence-corrected chi connectivity index (χ1v) is 12.7. The Labute approximate surface area is 214 Å². The zero-order chi connectivity index (χ0) is 24.9. The van der Waals surface area contributed by atoms with Crippen LogP contribution in [0.1, 0.15) is 25.1 Å². The standard InChI is InChI=1S/C29H27N8/c1-19-33-24-9-8-23(16-25(24)34-19)37-29(30)27(18-32-37)36-14-11-20-5-6-21(15-26(20)36)22-7-10-28(31-17-22)35-12-3-2-4-13-35/h5-11,15-18H,2-4,12-13,30H2,1H3,(H,33,34). The molecule has 0 spiro atoms. The highest BCUT2D eigenvalue weighted by Crippen LogP contribution is 2.30. The molecule has 0 amide bonds. The van der Waals surface area contributed by atoms with Crippen LogP contribution in [0.5, 0.6) is 0 Å². The van der Waals surface area contributed by atoms with Gasteiger partial charge in [-0.15, -0.1) is 0 Å². The van der Waals surface area contributed by atoms with Crippen LogP contribution in [0.3, 0.4) is 0 Å². The third-order valence-corrected chi connectivity index (χ3v) is 7.24. The first-order valence-electron chi connectivity index (χ1n) is 12.7. The Morgan fingerprint density at radius 1 is 0.946 bits per heavy atom. The van der Waals surface area contributed by atoms with Crippen molar-refractivity contribution >= 4 is 33.6 Å². The van der Waals surface area contributed by atoms with E-state index in [2.05, 4.69) is 56.5 Å². The second-order valence-electron chi connectivity index (χ2n) is 9.69. The topological polar surface area (TPSA) is 93.6 Å². The molecule has 37 heavy (non-hydrogen) atoms. The lowest BCUT2D eigenvalue weighted by molar-refractivity contribution is 0.573. The molecule has 1 saturated heterocycles. The highest BCUT2D eigenvalue weighted by atomic mass is 15.3. The van der Waals surface area contributed by atoms with Crippen molar-refractivity contribution in [3.63, 3.8) is 0 Å². The van der Waals surface area contributed by atoms with Gasteiger partial charge in [0.05, 0.1) is 34.6 Å². The maximum Gasteiger partial charge on any atom is 0.151 e. The monoisotopic (exact) mass is 487 g/mol. The molecule has 2 aromatic carbocycles. The van der Waals surface area contributed by atoms with Crippen molar-refractivity contribution in [2.24, 2.45) is 0 Å². The molecule has 8 nitrogen and oxygen atoms in total. The van der Waals surface area contributed by atoms with Crippen molar-refractivity contribution in [1.29, 1.82) is 0 Å². The number of nitrogens with two attached hydrogens (primary N) is 1. The van der Waals surface area contributed by atoms with Gasteiger partial charge in [-0.05, 0) is 74.2 Å². The molecule has 8 heteroatoms. The molecule has 6 aromatic rings. The van der Waals surface area contributed by atoms with Crippen molar-refractivity contribution in [1.82, 2.24) is 29.3 Å². The van der Waals surface area contributed by atoms with Crippen LogP contribution >= 0.6 is 0 Å². The minimum Gasteiger partial charge on any atom is -0.382 e. The van der Waals surface area contributed by atoms with Crippen LogP contribution in [0, 0.1) is 13.1 Å². The molecule has 4 aromatic heterocycles. The van der Waals surface area contributed by atoms with Gasteiger partial charge in [-0.3, -0.25) is 0 Å². The van der Waals surface area contributed by atoms with Crippen LogP contribution in [-0.2, 0) is 0 Å². The molecule has 1 aliphatic rings. The van der Waals surface area contributed by atoms with Crippen molar-refractivity contribution in [3.05, 3.63) is 79.0 Å². The number of fused-ring (bicyclic) bond motifs is 2. The van der Waals surface area contributed by atoms with Crippen LogP contribution in [0.25, 0.3) is 44.4 Å². The number of nitrogens with zero attached hydrogens (tertiary/aromatic N) is 6. The smallest absolute Gasteiger partial charge is 0.151 e. The number of piperidine rings is 1. The number of imidazole rings is 1. The van der Waals surface area contributed by atoms with Gasteiger partial charge in [-0.1, -0.05) is 12.1 Å². The summed E-state index contributed by atoms with van der Waals surface area (Å²) in [5.74, 6) is 2.48. The van der Waals surface area contributed by atoms with Crippen LogP contribution in [0.15, 0.2) is 67.0 Å². The number of H-pyrrole nitrogens is 1. The average molecular weight is 488 g/mol. The number of benzene rings is 2. The number of nitrogen functional groups attached to an aromatic ring is 1. The zero-order valence-electron chi connectivity index (χ0n) is 20.6. The number of hydrogen-bond acceptors (Lipinski definition) is 5. The summed E-state index contributed by atoms with van der Waals surface area (Å²) in [6.07, 6.45) is 10.9. The number of hydrogen-bond donors (Lipinski definition) is 2. The maximum atomic E-state index is 6.62. The first kappa shape index (κ1) is 21.7.